The summed E-state index contributed by atoms with van der Waals surface area (Å²) in [6.45, 7) is 2.16. The lowest BCUT2D eigenvalue weighted by Gasteiger charge is -2.19. The molecule has 0 radical (unpaired) electrons. The Morgan fingerprint density at radius 3 is 2.62 bits per heavy atom. The van der Waals surface area contributed by atoms with E-state index in [9.17, 15) is 0 Å². The number of ether oxygens (including phenoxy) is 1. The van der Waals surface area contributed by atoms with Crippen molar-refractivity contribution in [2.75, 3.05) is 7.05 Å². The van der Waals surface area contributed by atoms with Crippen molar-refractivity contribution in [1.82, 2.24) is 5.32 Å². The van der Waals surface area contributed by atoms with Crippen molar-refractivity contribution < 1.29 is 4.74 Å². The summed E-state index contributed by atoms with van der Waals surface area (Å²) in [6.07, 6.45) is 5.48. The Labute approximate surface area is 98.0 Å². The van der Waals surface area contributed by atoms with Crippen LogP contribution in [-0.4, -0.2) is 13.2 Å². The van der Waals surface area contributed by atoms with E-state index in [1.54, 1.807) is 0 Å². The maximum Gasteiger partial charge on any atom is 0.124 e. The number of nitrogens with one attached hydrogen (secondary N) is 1. The van der Waals surface area contributed by atoms with Crippen LogP contribution in [0.2, 0.25) is 0 Å². The summed E-state index contributed by atoms with van der Waals surface area (Å²) in [5, 5.41) is 3.27. The second kappa shape index (κ2) is 5.35. The van der Waals surface area contributed by atoms with Crippen molar-refractivity contribution in [1.29, 1.82) is 0 Å². The molecular formula is C14H21NO. The number of benzene rings is 1. The predicted molar refractivity (Wildman–Crippen MR) is 66.8 cm³/mol. The van der Waals surface area contributed by atoms with Gasteiger partial charge in [-0.05, 0) is 45.7 Å². The first-order valence-corrected chi connectivity index (χ1v) is 6.24. The van der Waals surface area contributed by atoms with Crippen LogP contribution >= 0.6 is 0 Å². The first-order chi connectivity index (χ1) is 7.81. The summed E-state index contributed by atoms with van der Waals surface area (Å²) in [4.78, 5) is 0. The van der Waals surface area contributed by atoms with Gasteiger partial charge < -0.3 is 10.1 Å². The van der Waals surface area contributed by atoms with Gasteiger partial charge in [0.2, 0.25) is 0 Å². The highest BCUT2D eigenvalue weighted by Crippen LogP contribution is 2.29. The zero-order valence-corrected chi connectivity index (χ0v) is 10.2. The Balaban J connectivity index is 2.12. The van der Waals surface area contributed by atoms with E-state index in [2.05, 4.69) is 36.5 Å². The smallest absolute Gasteiger partial charge is 0.124 e. The summed E-state index contributed by atoms with van der Waals surface area (Å²) in [5.74, 6) is 1.05. The van der Waals surface area contributed by atoms with Gasteiger partial charge in [-0.1, -0.05) is 18.2 Å². The van der Waals surface area contributed by atoms with Crippen molar-refractivity contribution in [3.05, 3.63) is 29.8 Å². The molecule has 0 unspecified atom stereocenters. The van der Waals surface area contributed by atoms with Crippen LogP contribution in [0.1, 0.15) is 44.2 Å². The number of hydrogen-bond donors (Lipinski definition) is 1. The summed E-state index contributed by atoms with van der Waals surface area (Å²) < 4.78 is 6.09. The average Bonchev–Trinajstić information content (AvgIpc) is 2.82. The van der Waals surface area contributed by atoms with E-state index in [1.807, 2.05) is 7.05 Å². The molecule has 1 saturated carbocycles. The molecule has 1 aliphatic rings. The van der Waals surface area contributed by atoms with Crippen LogP contribution in [-0.2, 0) is 0 Å². The molecule has 0 aliphatic heterocycles. The van der Waals surface area contributed by atoms with Crippen molar-refractivity contribution in [2.45, 2.75) is 44.8 Å². The van der Waals surface area contributed by atoms with Crippen LogP contribution in [0.5, 0.6) is 5.75 Å². The summed E-state index contributed by atoms with van der Waals surface area (Å²) in [7, 11) is 1.98. The monoisotopic (exact) mass is 219 g/mol. The van der Waals surface area contributed by atoms with Crippen LogP contribution in [0.3, 0.4) is 0 Å². The van der Waals surface area contributed by atoms with Gasteiger partial charge in [0, 0.05) is 11.6 Å². The van der Waals surface area contributed by atoms with E-state index in [4.69, 9.17) is 4.74 Å². The molecule has 2 rings (SSSR count). The predicted octanol–water partition coefficient (Wildman–Crippen LogP) is 3.29. The molecule has 1 fully saturated rings. The Hall–Kier alpha value is -1.02. The lowest BCUT2D eigenvalue weighted by molar-refractivity contribution is 0.206. The van der Waals surface area contributed by atoms with Gasteiger partial charge in [0.1, 0.15) is 5.75 Å². The molecule has 0 saturated heterocycles. The number of hydrogen-bond acceptors (Lipinski definition) is 2. The van der Waals surface area contributed by atoms with Gasteiger partial charge in [0.05, 0.1) is 6.10 Å². The second-order valence-electron chi connectivity index (χ2n) is 4.57. The SMILES string of the molecule is CN[C@@H](C)c1ccccc1OC1CCCC1. The fourth-order valence-corrected chi connectivity index (χ4v) is 2.29. The van der Waals surface area contributed by atoms with E-state index in [-0.39, 0.29) is 0 Å². The Morgan fingerprint density at radius 2 is 1.94 bits per heavy atom. The second-order valence-corrected chi connectivity index (χ2v) is 4.57. The number of rotatable bonds is 4. The lowest BCUT2D eigenvalue weighted by Crippen LogP contribution is -2.17. The van der Waals surface area contributed by atoms with Crippen molar-refractivity contribution in [3.8, 4) is 5.75 Å². The van der Waals surface area contributed by atoms with E-state index in [1.165, 1.54) is 31.2 Å². The molecule has 0 spiro atoms. The van der Waals surface area contributed by atoms with Crippen LogP contribution in [0.25, 0.3) is 0 Å². The van der Waals surface area contributed by atoms with Crippen LogP contribution in [0.15, 0.2) is 24.3 Å². The molecule has 88 valence electrons. The van der Waals surface area contributed by atoms with E-state index >= 15 is 0 Å². The van der Waals surface area contributed by atoms with Crippen LogP contribution in [0.4, 0.5) is 0 Å². The zero-order chi connectivity index (χ0) is 11.4. The molecule has 1 atom stereocenters. The maximum absolute atomic E-state index is 6.09. The topological polar surface area (TPSA) is 21.3 Å². The molecule has 2 heteroatoms. The fraction of sp³-hybridized carbons (Fsp3) is 0.571. The Morgan fingerprint density at radius 1 is 1.25 bits per heavy atom. The molecule has 1 aromatic rings. The third-order valence-corrected chi connectivity index (χ3v) is 3.41. The third kappa shape index (κ3) is 2.56. The van der Waals surface area contributed by atoms with Crippen LogP contribution < -0.4 is 10.1 Å². The van der Waals surface area contributed by atoms with Gasteiger partial charge in [-0.25, -0.2) is 0 Å². The van der Waals surface area contributed by atoms with Gasteiger partial charge in [-0.3, -0.25) is 0 Å². The molecule has 1 N–H and O–H groups in total. The Bertz CT molecular complexity index is 331. The van der Waals surface area contributed by atoms with Gasteiger partial charge in [0.15, 0.2) is 0 Å². The highest BCUT2D eigenvalue weighted by atomic mass is 16.5. The quantitative estimate of drug-likeness (QED) is 0.839. The molecular weight excluding hydrogens is 198 g/mol. The van der Waals surface area contributed by atoms with Gasteiger partial charge in [-0.2, -0.15) is 0 Å². The number of para-hydroxylation sites is 1. The largest absolute Gasteiger partial charge is 0.490 e. The molecule has 16 heavy (non-hydrogen) atoms. The van der Waals surface area contributed by atoms with E-state index in [0.717, 1.165) is 5.75 Å². The molecule has 0 bridgehead atoms. The highest BCUT2D eigenvalue weighted by Gasteiger charge is 2.18. The molecule has 0 amide bonds. The maximum atomic E-state index is 6.09. The van der Waals surface area contributed by atoms with Crippen LogP contribution in [0, 0.1) is 0 Å². The van der Waals surface area contributed by atoms with Crippen molar-refractivity contribution >= 4 is 0 Å². The Kier molecular flexibility index (Phi) is 3.83. The van der Waals surface area contributed by atoms with Crippen molar-refractivity contribution in [2.24, 2.45) is 0 Å². The minimum Gasteiger partial charge on any atom is -0.490 e. The fourth-order valence-electron chi connectivity index (χ4n) is 2.29. The summed E-state index contributed by atoms with van der Waals surface area (Å²) in [6, 6.07) is 8.70. The zero-order valence-electron chi connectivity index (χ0n) is 10.2. The lowest BCUT2D eigenvalue weighted by atomic mass is 10.1. The standard InChI is InChI=1S/C14H21NO/c1-11(15-2)13-9-5-6-10-14(13)16-12-7-3-4-8-12/h5-6,9-12,15H,3-4,7-8H2,1-2H3/t11-/m0/s1. The molecule has 1 aliphatic carbocycles. The normalized spacial score (nSPS) is 18.6. The van der Waals surface area contributed by atoms with E-state index < -0.39 is 0 Å². The van der Waals surface area contributed by atoms with Gasteiger partial charge in [-0.15, -0.1) is 0 Å². The minimum absolute atomic E-state index is 0.345. The first kappa shape index (κ1) is 11.5. The molecule has 0 heterocycles. The highest BCUT2D eigenvalue weighted by molar-refractivity contribution is 5.35. The molecule has 2 nitrogen and oxygen atoms in total. The van der Waals surface area contributed by atoms with Gasteiger partial charge >= 0.3 is 0 Å². The summed E-state index contributed by atoms with van der Waals surface area (Å²) >= 11 is 0. The van der Waals surface area contributed by atoms with Gasteiger partial charge in [0.25, 0.3) is 0 Å². The third-order valence-electron chi connectivity index (χ3n) is 3.41. The molecule has 1 aromatic carbocycles. The minimum atomic E-state index is 0.345. The average molecular weight is 219 g/mol. The van der Waals surface area contributed by atoms with Crippen molar-refractivity contribution in [3.63, 3.8) is 0 Å². The first-order valence-electron chi connectivity index (χ1n) is 6.24. The molecule has 0 aromatic heterocycles. The van der Waals surface area contributed by atoms with E-state index in [0.29, 0.717) is 12.1 Å². The summed E-state index contributed by atoms with van der Waals surface area (Å²) in [5.41, 5.74) is 1.26.